The molecule has 0 bridgehead atoms. The van der Waals surface area contributed by atoms with E-state index in [9.17, 15) is 9.59 Å². The van der Waals surface area contributed by atoms with E-state index >= 15 is 0 Å². The molecule has 1 aromatic rings. The monoisotopic (exact) mass is 281 g/mol. The van der Waals surface area contributed by atoms with Gasteiger partial charge in [-0.3, -0.25) is 4.79 Å². The van der Waals surface area contributed by atoms with Crippen LogP contribution in [0.2, 0.25) is 0 Å². The number of urea groups is 1. The summed E-state index contributed by atoms with van der Waals surface area (Å²) in [4.78, 5) is 24.9. The minimum atomic E-state index is -0.466. The number of carbonyl (C=O) groups is 2. The Labute approximate surface area is 117 Å². The van der Waals surface area contributed by atoms with Crippen molar-refractivity contribution < 1.29 is 18.8 Å². The van der Waals surface area contributed by atoms with Crippen molar-refractivity contribution in [1.29, 1.82) is 0 Å². The molecule has 1 aliphatic heterocycles. The molecule has 0 aromatic carbocycles. The summed E-state index contributed by atoms with van der Waals surface area (Å²) in [5, 5.41) is 6.50. The minimum absolute atomic E-state index is 0.0427. The molecule has 7 heteroatoms. The summed E-state index contributed by atoms with van der Waals surface area (Å²) in [6.07, 6.45) is 1.79. The van der Waals surface area contributed by atoms with E-state index in [-0.39, 0.29) is 18.6 Å². The predicted molar refractivity (Wildman–Crippen MR) is 70.1 cm³/mol. The van der Waals surface area contributed by atoms with Crippen LogP contribution < -0.4 is 5.32 Å². The van der Waals surface area contributed by atoms with Gasteiger partial charge in [-0.15, -0.1) is 0 Å². The molecule has 0 aliphatic carbocycles. The van der Waals surface area contributed by atoms with Crippen LogP contribution in [0.25, 0.3) is 0 Å². The first-order chi connectivity index (χ1) is 9.54. The van der Waals surface area contributed by atoms with Crippen molar-refractivity contribution in [2.45, 2.75) is 32.7 Å². The molecule has 2 heterocycles. The number of likely N-dealkylation sites (tertiary alicyclic amines) is 1. The average molecular weight is 281 g/mol. The Balaban J connectivity index is 2.08. The van der Waals surface area contributed by atoms with E-state index in [2.05, 4.69) is 15.2 Å². The van der Waals surface area contributed by atoms with Gasteiger partial charge in [0, 0.05) is 12.1 Å². The number of amides is 2. The first-order valence-corrected chi connectivity index (χ1v) is 6.58. The summed E-state index contributed by atoms with van der Waals surface area (Å²) >= 11 is 0. The third-order valence-electron chi connectivity index (χ3n) is 3.55. The molecule has 20 heavy (non-hydrogen) atoms. The largest absolute Gasteiger partial charge is 0.468 e. The topological polar surface area (TPSA) is 84.7 Å². The van der Waals surface area contributed by atoms with Crippen LogP contribution in [0, 0.1) is 13.8 Å². The van der Waals surface area contributed by atoms with Crippen molar-refractivity contribution >= 4 is 12.0 Å². The summed E-state index contributed by atoms with van der Waals surface area (Å²) in [5.41, 5.74) is 1.77. The van der Waals surface area contributed by atoms with E-state index in [1.807, 2.05) is 13.8 Å². The van der Waals surface area contributed by atoms with Crippen LogP contribution in [-0.2, 0) is 9.53 Å². The van der Waals surface area contributed by atoms with Gasteiger partial charge in [-0.05, 0) is 26.7 Å². The highest BCUT2D eigenvalue weighted by molar-refractivity contribution is 5.81. The molecule has 7 nitrogen and oxygen atoms in total. The normalized spacial score (nSPS) is 18.1. The predicted octanol–water partition coefficient (Wildman–Crippen LogP) is 1.31. The fraction of sp³-hybridized carbons (Fsp3) is 0.615. The molecule has 0 saturated carbocycles. The van der Waals surface area contributed by atoms with Gasteiger partial charge in [0.1, 0.15) is 12.3 Å². The van der Waals surface area contributed by atoms with Crippen LogP contribution >= 0.6 is 0 Å². The maximum absolute atomic E-state index is 12.1. The number of nitrogens with zero attached hydrogens (tertiary/aromatic N) is 2. The average Bonchev–Trinajstić information content (AvgIpc) is 3.02. The highest BCUT2D eigenvalue weighted by Gasteiger charge is 2.33. The second-order valence-corrected chi connectivity index (χ2v) is 4.82. The first-order valence-electron chi connectivity index (χ1n) is 6.58. The third-order valence-corrected chi connectivity index (χ3v) is 3.55. The minimum Gasteiger partial charge on any atom is -0.468 e. The summed E-state index contributed by atoms with van der Waals surface area (Å²) in [6.45, 7) is 4.24. The molecule has 1 saturated heterocycles. The van der Waals surface area contributed by atoms with Gasteiger partial charge in [0.25, 0.3) is 0 Å². The Morgan fingerprint density at radius 1 is 1.50 bits per heavy atom. The van der Waals surface area contributed by atoms with Crippen LogP contribution in [0.1, 0.15) is 35.9 Å². The molecule has 2 rings (SSSR count). The summed E-state index contributed by atoms with van der Waals surface area (Å²) in [6, 6.07) is -0.309. The number of carbonyl (C=O) groups excluding carboxylic acids is 2. The molecule has 2 amide bonds. The van der Waals surface area contributed by atoms with E-state index in [4.69, 9.17) is 4.52 Å². The molecule has 1 aromatic heterocycles. The van der Waals surface area contributed by atoms with E-state index in [1.54, 1.807) is 4.90 Å². The molecule has 1 aliphatic rings. The van der Waals surface area contributed by atoms with E-state index < -0.39 is 5.97 Å². The molecule has 0 spiro atoms. The first kappa shape index (κ1) is 14.4. The Kier molecular flexibility index (Phi) is 4.26. The molecule has 1 fully saturated rings. The number of aromatic nitrogens is 1. The van der Waals surface area contributed by atoms with Crippen LogP contribution in [0.15, 0.2) is 4.52 Å². The molecular weight excluding hydrogens is 262 g/mol. The lowest BCUT2D eigenvalue weighted by molar-refractivity contribution is -0.139. The standard InChI is InChI=1S/C13H19N3O4/c1-8-12(9(2)20-15-8)10-5-4-6-16(10)13(18)14-7-11(17)19-3/h10H,4-7H2,1-3H3,(H,14,18). The zero-order valence-electron chi connectivity index (χ0n) is 11.9. The number of methoxy groups -OCH3 is 1. The lowest BCUT2D eigenvalue weighted by atomic mass is 10.0. The van der Waals surface area contributed by atoms with Crippen LogP contribution in [0.3, 0.4) is 0 Å². The Morgan fingerprint density at radius 2 is 2.25 bits per heavy atom. The number of rotatable bonds is 3. The van der Waals surface area contributed by atoms with Gasteiger partial charge < -0.3 is 19.5 Å². The fourth-order valence-corrected chi connectivity index (χ4v) is 2.60. The zero-order valence-corrected chi connectivity index (χ0v) is 11.9. The lowest BCUT2D eigenvalue weighted by Gasteiger charge is -2.24. The number of hydrogen-bond acceptors (Lipinski definition) is 5. The molecule has 0 radical (unpaired) electrons. The molecule has 1 atom stereocenters. The van der Waals surface area contributed by atoms with Gasteiger partial charge >= 0.3 is 12.0 Å². The van der Waals surface area contributed by atoms with Crippen molar-refractivity contribution in [2.24, 2.45) is 0 Å². The second-order valence-electron chi connectivity index (χ2n) is 4.82. The highest BCUT2D eigenvalue weighted by Crippen LogP contribution is 2.35. The molecule has 1 unspecified atom stereocenters. The second kappa shape index (κ2) is 5.94. The smallest absolute Gasteiger partial charge is 0.325 e. The number of hydrogen-bond donors (Lipinski definition) is 1. The summed E-state index contributed by atoms with van der Waals surface area (Å²) in [5.74, 6) is 0.270. The Morgan fingerprint density at radius 3 is 2.85 bits per heavy atom. The van der Waals surface area contributed by atoms with Gasteiger partial charge in [-0.25, -0.2) is 4.79 Å². The van der Waals surface area contributed by atoms with Gasteiger partial charge in [0.05, 0.1) is 18.8 Å². The van der Waals surface area contributed by atoms with Crippen LogP contribution in [0.4, 0.5) is 4.79 Å². The fourth-order valence-electron chi connectivity index (χ4n) is 2.60. The van der Waals surface area contributed by atoms with E-state index in [1.165, 1.54) is 7.11 Å². The van der Waals surface area contributed by atoms with E-state index in [0.29, 0.717) is 6.54 Å². The molecule has 110 valence electrons. The van der Waals surface area contributed by atoms with Crippen molar-refractivity contribution in [2.75, 3.05) is 20.2 Å². The number of ether oxygens (including phenoxy) is 1. The van der Waals surface area contributed by atoms with Crippen molar-refractivity contribution in [3.8, 4) is 0 Å². The maximum atomic E-state index is 12.1. The van der Waals surface area contributed by atoms with Gasteiger partial charge in [0.15, 0.2) is 0 Å². The van der Waals surface area contributed by atoms with Crippen LogP contribution in [0.5, 0.6) is 0 Å². The molecular formula is C13H19N3O4. The van der Waals surface area contributed by atoms with Gasteiger partial charge in [-0.2, -0.15) is 0 Å². The SMILES string of the molecule is COC(=O)CNC(=O)N1CCCC1c1c(C)noc1C. The third kappa shape index (κ3) is 2.76. The quantitative estimate of drug-likeness (QED) is 0.844. The Hall–Kier alpha value is -2.05. The number of aryl methyl sites for hydroxylation is 2. The van der Waals surface area contributed by atoms with Crippen molar-refractivity contribution in [1.82, 2.24) is 15.4 Å². The van der Waals surface area contributed by atoms with Crippen molar-refractivity contribution in [3.63, 3.8) is 0 Å². The highest BCUT2D eigenvalue weighted by atomic mass is 16.5. The van der Waals surface area contributed by atoms with E-state index in [0.717, 1.165) is 29.9 Å². The lowest BCUT2D eigenvalue weighted by Crippen LogP contribution is -2.42. The zero-order chi connectivity index (χ0) is 14.7. The number of nitrogens with one attached hydrogen (secondary N) is 1. The Bertz CT molecular complexity index is 492. The van der Waals surface area contributed by atoms with Crippen LogP contribution in [-0.4, -0.2) is 42.3 Å². The number of esters is 1. The van der Waals surface area contributed by atoms with Crippen molar-refractivity contribution in [3.05, 3.63) is 17.0 Å². The molecule has 1 N–H and O–H groups in total. The van der Waals surface area contributed by atoms with Gasteiger partial charge in [0.2, 0.25) is 0 Å². The van der Waals surface area contributed by atoms with Gasteiger partial charge in [-0.1, -0.05) is 5.16 Å². The maximum Gasteiger partial charge on any atom is 0.325 e. The summed E-state index contributed by atoms with van der Waals surface area (Å²) in [7, 11) is 1.29. The summed E-state index contributed by atoms with van der Waals surface area (Å²) < 4.78 is 9.67.